The fraction of sp³-hybridized carbons (Fsp3) is 0.304. The normalized spacial score (nSPS) is 16.5. The number of amides is 1. The van der Waals surface area contributed by atoms with E-state index in [0.29, 0.717) is 24.2 Å². The molecule has 1 aromatic heterocycles. The Morgan fingerprint density at radius 1 is 1.13 bits per heavy atom. The number of carbonyl (C=O) groups excluding carboxylic acids is 1. The Kier molecular flexibility index (Phi) is 5.01. The molecule has 0 saturated carbocycles. The number of benzene rings is 2. The van der Waals surface area contributed by atoms with Gasteiger partial charge in [0, 0.05) is 25.7 Å². The zero-order valence-corrected chi connectivity index (χ0v) is 16.5. The Bertz CT molecular complexity index is 1050. The number of nitrogens with one attached hydrogen (secondary N) is 1. The molecule has 7 heteroatoms. The first-order chi connectivity index (χ1) is 14.7. The summed E-state index contributed by atoms with van der Waals surface area (Å²) in [6.45, 7) is 2.67. The molecule has 0 spiro atoms. The van der Waals surface area contributed by atoms with Crippen LogP contribution in [0, 0.1) is 5.92 Å². The molecule has 1 saturated heterocycles. The number of fused-ring (bicyclic) bond motifs is 2. The van der Waals surface area contributed by atoms with Gasteiger partial charge >= 0.3 is 0 Å². The lowest BCUT2D eigenvalue weighted by molar-refractivity contribution is -0.116. The second kappa shape index (κ2) is 8.10. The molecule has 2 aliphatic heterocycles. The van der Waals surface area contributed by atoms with Gasteiger partial charge in [-0.2, -0.15) is 4.98 Å². The number of rotatable bonds is 5. The van der Waals surface area contributed by atoms with Gasteiger partial charge in [0.05, 0.1) is 0 Å². The molecule has 1 N–H and O–H groups in total. The van der Waals surface area contributed by atoms with Crippen molar-refractivity contribution in [2.75, 3.05) is 31.3 Å². The lowest BCUT2D eigenvalue weighted by Crippen LogP contribution is -2.38. The van der Waals surface area contributed by atoms with Crippen LogP contribution in [0.25, 0.3) is 17.2 Å². The van der Waals surface area contributed by atoms with E-state index in [1.807, 2.05) is 42.5 Å². The molecule has 0 aliphatic carbocycles. The molecular weight excluding hydrogens is 382 g/mol. The van der Waals surface area contributed by atoms with Crippen LogP contribution in [0.5, 0.6) is 11.5 Å². The second-order valence-corrected chi connectivity index (χ2v) is 7.59. The first-order valence-electron chi connectivity index (χ1n) is 10.2. The quantitative estimate of drug-likeness (QED) is 0.654. The minimum absolute atomic E-state index is 0.0888. The summed E-state index contributed by atoms with van der Waals surface area (Å²) in [5.74, 6) is 1.81. The van der Waals surface area contributed by atoms with E-state index in [0.717, 1.165) is 48.3 Å². The van der Waals surface area contributed by atoms with Gasteiger partial charge in [-0.25, -0.2) is 0 Å². The lowest BCUT2D eigenvalue weighted by Gasteiger charge is -2.30. The summed E-state index contributed by atoms with van der Waals surface area (Å²) in [4.78, 5) is 18.9. The van der Waals surface area contributed by atoms with E-state index >= 15 is 0 Å². The maximum Gasteiger partial charge on any atom is 0.298 e. The van der Waals surface area contributed by atoms with Gasteiger partial charge in [0.15, 0.2) is 17.1 Å². The van der Waals surface area contributed by atoms with Crippen LogP contribution < -0.4 is 19.7 Å². The molecule has 7 nitrogen and oxygen atoms in total. The van der Waals surface area contributed by atoms with Gasteiger partial charge in [0.25, 0.3) is 6.01 Å². The molecule has 0 bridgehead atoms. The minimum atomic E-state index is -0.0888. The molecule has 3 aromatic rings. The molecule has 1 fully saturated rings. The van der Waals surface area contributed by atoms with E-state index in [9.17, 15) is 4.79 Å². The molecule has 2 aromatic carbocycles. The highest BCUT2D eigenvalue weighted by Crippen LogP contribution is 2.32. The van der Waals surface area contributed by atoms with Gasteiger partial charge in [-0.3, -0.25) is 4.79 Å². The number of para-hydroxylation sites is 2. The molecule has 0 unspecified atom stereocenters. The van der Waals surface area contributed by atoms with Crippen molar-refractivity contribution in [1.82, 2.24) is 10.3 Å². The van der Waals surface area contributed by atoms with Gasteiger partial charge in [0.1, 0.15) is 5.52 Å². The van der Waals surface area contributed by atoms with E-state index in [1.54, 1.807) is 12.2 Å². The highest BCUT2D eigenvalue weighted by atomic mass is 16.7. The number of nitrogens with zero attached hydrogens (tertiary/aromatic N) is 2. The molecule has 0 radical (unpaired) electrons. The molecule has 3 heterocycles. The summed E-state index contributed by atoms with van der Waals surface area (Å²) in [6.07, 6.45) is 5.33. The number of hydrogen-bond acceptors (Lipinski definition) is 6. The van der Waals surface area contributed by atoms with Crippen molar-refractivity contribution in [3.8, 4) is 11.5 Å². The second-order valence-electron chi connectivity index (χ2n) is 7.59. The number of hydrogen-bond donors (Lipinski definition) is 1. The summed E-state index contributed by atoms with van der Waals surface area (Å²) in [6, 6.07) is 14.1. The summed E-state index contributed by atoms with van der Waals surface area (Å²) in [5, 5.41) is 3.01. The van der Waals surface area contributed by atoms with Crippen molar-refractivity contribution in [3.05, 3.63) is 54.1 Å². The van der Waals surface area contributed by atoms with E-state index in [2.05, 4.69) is 15.2 Å². The third-order valence-corrected chi connectivity index (χ3v) is 5.56. The average Bonchev–Trinajstić information content (AvgIpc) is 3.43. The number of aromatic nitrogens is 1. The Hall–Kier alpha value is -3.48. The van der Waals surface area contributed by atoms with Crippen molar-refractivity contribution in [2.45, 2.75) is 12.8 Å². The highest BCUT2D eigenvalue weighted by molar-refractivity contribution is 5.91. The topological polar surface area (TPSA) is 76.8 Å². The Labute approximate surface area is 174 Å². The fourth-order valence-electron chi connectivity index (χ4n) is 3.82. The molecule has 5 rings (SSSR count). The summed E-state index contributed by atoms with van der Waals surface area (Å²) in [7, 11) is 0. The van der Waals surface area contributed by atoms with Gasteiger partial charge in [-0.05, 0) is 54.7 Å². The fourth-order valence-corrected chi connectivity index (χ4v) is 3.82. The van der Waals surface area contributed by atoms with Crippen LogP contribution in [0.3, 0.4) is 0 Å². The van der Waals surface area contributed by atoms with E-state index in [4.69, 9.17) is 13.9 Å². The third-order valence-electron chi connectivity index (χ3n) is 5.56. The molecule has 0 atom stereocenters. The molecular formula is C23H23N3O4. The van der Waals surface area contributed by atoms with Crippen LogP contribution in [-0.2, 0) is 4.79 Å². The maximum atomic E-state index is 12.2. The summed E-state index contributed by atoms with van der Waals surface area (Å²) >= 11 is 0. The SMILES string of the molecule is O=C(/C=C/c1ccc2c(c1)OCO2)NCC1CCN(c2nc3ccccc3o2)CC1. The highest BCUT2D eigenvalue weighted by Gasteiger charge is 2.23. The predicted molar refractivity (Wildman–Crippen MR) is 114 cm³/mol. The van der Waals surface area contributed by atoms with Crippen LogP contribution in [0.15, 0.2) is 53.0 Å². The van der Waals surface area contributed by atoms with Gasteiger partial charge in [-0.1, -0.05) is 18.2 Å². The first kappa shape index (κ1) is 18.5. The maximum absolute atomic E-state index is 12.2. The average molecular weight is 405 g/mol. The van der Waals surface area contributed by atoms with E-state index < -0.39 is 0 Å². The van der Waals surface area contributed by atoms with Crippen LogP contribution in [-0.4, -0.2) is 37.3 Å². The number of ether oxygens (including phenoxy) is 2. The monoisotopic (exact) mass is 405 g/mol. The zero-order valence-electron chi connectivity index (χ0n) is 16.5. The summed E-state index contributed by atoms with van der Waals surface area (Å²) in [5.41, 5.74) is 2.60. The lowest BCUT2D eigenvalue weighted by atomic mass is 9.97. The minimum Gasteiger partial charge on any atom is -0.454 e. The summed E-state index contributed by atoms with van der Waals surface area (Å²) < 4.78 is 16.5. The third kappa shape index (κ3) is 3.96. The van der Waals surface area contributed by atoms with Crippen LogP contribution >= 0.6 is 0 Å². The number of anilines is 1. The van der Waals surface area contributed by atoms with Crippen LogP contribution in [0.2, 0.25) is 0 Å². The van der Waals surface area contributed by atoms with Crippen LogP contribution in [0.1, 0.15) is 18.4 Å². The van der Waals surface area contributed by atoms with Crippen molar-refractivity contribution in [3.63, 3.8) is 0 Å². The first-order valence-corrected chi connectivity index (χ1v) is 10.2. The smallest absolute Gasteiger partial charge is 0.298 e. The van der Waals surface area contributed by atoms with Crippen LogP contribution in [0.4, 0.5) is 6.01 Å². The van der Waals surface area contributed by atoms with Crippen molar-refractivity contribution in [2.24, 2.45) is 5.92 Å². The Balaban J connectivity index is 1.09. The largest absolute Gasteiger partial charge is 0.454 e. The Morgan fingerprint density at radius 3 is 2.83 bits per heavy atom. The number of carbonyl (C=O) groups is 1. The number of piperidine rings is 1. The zero-order chi connectivity index (χ0) is 20.3. The number of oxazole rings is 1. The van der Waals surface area contributed by atoms with Gasteiger partial charge in [0.2, 0.25) is 12.7 Å². The van der Waals surface area contributed by atoms with E-state index in [1.165, 1.54) is 0 Å². The molecule has 1 amide bonds. The predicted octanol–water partition coefficient (Wildman–Crippen LogP) is 3.60. The van der Waals surface area contributed by atoms with E-state index in [-0.39, 0.29) is 12.7 Å². The Morgan fingerprint density at radius 2 is 1.97 bits per heavy atom. The van der Waals surface area contributed by atoms with Crippen molar-refractivity contribution in [1.29, 1.82) is 0 Å². The standard InChI is InChI=1S/C23H23N3O4/c27-22(8-6-16-5-7-20-21(13-16)29-15-28-20)24-14-17-9-11-26(12-10-17)23-25-18-3-1-2-4-19(18)30-23/h1-8,13,17H,9-12,14-15H2,(H,24,27)/b8-6+. The molecule has 154 valence electrons. The van der Waals surface area contributed by atoms with Gasteiger partial charge < -0.3 is 24.1 Å². The molecule has 2 aliphatic rings. The molecule has 30 heavy (non-hydrogen) atoms. The van der Waals surface area contributed by atoms with Crippen molar-refractivity contribution >= 4 is 29.1 Å². The van der Waals surface area contributed by atoms with Gasteiger partial charge in [-0.15, -0.1) is 0 Å². The van der Waals surface area contributed by atoms with Crippen molar-refractivity contribution < 1.29 is 18.7 Å².